The number of aliphatic hydroxyl groups is 1. The van der Waals surface area contributed by atoms with Gasteiger partial charge in [0.15, 0.2) is 0 Å². The van der Waals surface area contributed by atoms with Crippen LogP contribution in [0.5, 0.6) is 0 Å². The maximum Gasteiger partial charge on any atom is 0.402 e. The van der Waals surface area contributed by atoms with Gasteiger partial charge in [0, 0.05) is 20.2 Å². The Morgan fingerprint density at radius 3 is 2.56 bits per heavy atom. The SMILES string of the molecule is Cc1c(C)[n+]2c(n1C1CCCCC1)N=C1C2C(=O)N(CCCO)C(=O)N1C. The van der Waals surface area contributed by atoms with Crippen LogP contribution in [0.4, 0.5) is 10.7 Å². The Morgan fingerprint density at radius 2 is 1.89 bits per heavy atom. The first-order chi connectivity index (χ1) is 13.0. The van der Waals surface area contributed by atoms with Crippen molar-refractivity contribution in [3.63, 3.8) is 0 Å². The molecule has 1 aromatic rings. The number of imidazole rings is 1. The number of imide groups is 1. The molecular weight excluding hydrogens is 346 g/mol. The summed E-state index contributed by atoms with van der Waals surface area (Å²) in [5, 5.41) is 9.11. The Kier molecular flexibility index (Phi) is 4.53. The van der Waals surface area contributed by atoms with Gasteiger partial charge in [0.05, 0.1) is 6.04 Å². The number of fused-ring (bicyclic) bond motifs is 3. The average Bonchev–Trinajstić information content (AvgIpc) is 3.17. The lowest BCUT2D eigenvalue weighted by Gasteiger charge is -2.33. The highest BCUT2D eigenvalue weighted by molar-refractivity contribution is 6.19. The van der Waals surface area contributed by atoms with E-state index in [2.05, 4.69) is 11.5 Å². The molecule has 8 nitrogen and oxygen atoms in total. The Hall–Kier alpha value is -2.22. The van der Waals surface area contributed by atoms with Gasteiger partial charge in [0.2, 0.25) is 11.9 Å². The zero-order valence-corrected chi connectivity index (χ0v) is 16.3. The molecule has 1 aliphatic carbocycles. The zero-order chi connectivity index (χ0) is 19.3. The summed E-state index contributed by atoms with van der Waals surface area (Å²) in [5.41, 5.74) is 2.17. The number of rotatable bonds is 4. The minimum Gasteiger partial charge on any atom is -0.396 e. The number of carbonyl (C=O) groups excluding carboxylic acids is 2. The van der Waals surface area contributed by atoms with Crippen LogP contribution in [-0.2, 0) is 4.79 Å². The van der Waals surface area contributed by atoms with Crippen LogP contribution in [0.3, 0.4) is 0 Å². The molecule has 3 amide bonds. The van der Waals surface area contributed by atoms with Gasteiger partial charge in [-0.15, -0.1) is 0 Å². The summed E-state index contributed by atoms with van der Waals surface area (Å²) in [6.45, 7) is 4.29. The quantitative estimate of drug-likeness (QED) is 0.816. The normalized spacial score (nSPS) is 23.0. The molecule has 3 heterocycles. The summed E-state index contributed by atoms with van der Waals surface area (Å²) in [7, 11) is 1.67. The Bertz CT molecular complexity index is 822. The predicted molar refractivity (Wildman–Crippen MR) is 98.9 cm³/mol. The second-order valence-corrected chi connectivity index (χ2v) is 7.78. The monoisotopic (exact) mass is 374 g/mol. The predicted octanol–water partition coefficient (Wildman–Crippen LogP) is 1.76. The van der Waals surface area contributed by atoms with Crippen molar-refractivity contribution in [2.24, 2.45) is 4.99 Å². The minimum absolute atomic E-state index is 0.0546. The molecule has 2 fully saturated rings. The van der Waals surface area contributed by atoms with Crippen molar-refractivity contribution < 1.29 is 19.3 Å². The number of aliphatic imine (C=N–C) groups is 1. The molecule has 0 spiro atoms. The number of amidine groups is 1. The molecule has 1 saturated carbocycles. The maximum absolute atomic E-state index is 13.2. The van der Waals surface area contributed by atoms with Crippen LogP contribution in [-0.4, -0.2) is 57.4 Å². The fourth-order valence-corrected chi connectivity index (χ4v) is 4.67. The van der Waals surface area contributed by atoms with E-state index in [0.717, 1.165) is 30.2 Å². The summed E-state index contributed by atoms with van der Waals surface area (Å²) in [5.74, 6) is 1.04. The van der Waals surface area contributed by atoms with Gasteiger partial charge >= 0.3 is 12.0 Å². The highest BCUT2D eigenvalue weighted by Gasteiger charge is 2.54. The third-order valence-electron chi connectivity index (χ3n) is 6.24. The van der Waals surface area contributed by atoms with E-state index in [1.54, 1.807) is 7.05 Å². The van der Waals surface area contributed by atoms with Crippen molar-refractivity contribution in [2.75, 3.05) is 20.2 Å². The highest BCUT2D eigenvalue weighted by atomic mass is 16.3. The van der Waals surface area contributed by atoms with Crippen LogP contribution in [0.2, 0.25) is 0 Å². The van der Waals surface area contributed by atoms with Crippen LogP contribution in [0, 0.1) is 13.8 Å². The van der Waals surface area contributed by atoms with Gasteiger partial charge < -0.3 is 5.11 Å². The number of hydrogen-bond acceptors (Lipinski definition) is 4. The Morgan fingerprint density at radius 1 is 1.19 bits per heavy atom. The third kappa shape index (κ3) is 2.61. The number of hydrogen-bond donors (Lipinski definition) is 1. The molecule has 146 valence electrons. The molecule has 1 N–H and O–H groups in total. The van der Waals surface area contributed by atoms with Crippen molar-refractivity contribution >= 4 is 23.7 Å². The summed E-state index contributed by atoms with van der Waals surface area (Å²) in [4.78, 5) is 33.3. The minimum atomic E-state index is -0.593. The molecule has 1 atom stereocenters. The van der Waals surface area contributed by atoms with Crippen molar-refractivity contribution in [1.82, 2.24) is 14.4 Å². The molecule has 4 rings (SSSR count). The van der Waals surface area contributed by atoms with E-state index in [0.29, 0.717) is 18.3 Å². The molecule has 8 heteroatoms. The molecule has 1 aromatic heterocycles. The van der Waals surface area contributed by atoms with Gasteiger partial charge in [-0.2, -0.15) is 0 Å². The van der Waals surface area contributed by atoms with Crippen LogP contribution in [0.25, 0.3) is 0 Å². The zero-order valence-electron chi connectivity index (χ0n) is 16.3. The van der Waals surface area contributed by atoms with E-state index in [1.165, 1.54) is 29.1 Å². The summed E-state index contributed by atoms with van der Waals surface area (Å²) in [6, 6.07) is -0.558. The average molecular weight is 374 g/mol. The number of likely N-dealkylation sites (N-methyl/N-ethyl adjacent to an activating group) is 1. The standard InChI is InChI=1S/C19H28N5O3/c1-12-13(2)24-15-16(20-18(24)23(12)14-8-5-4-6-9-14)21(3)19(27)22(17(15)26)10-7-11-25/h14-15,25H,4-11H2,1-3H3/q+1. The van der Waals surface area contributed by atoms with Crippen LogP contribution < -0.4 is 4.57 Å². The largest absolute Gasteiger partial charge is 0.402 e. The number of urea groups is 1. The summed E-state index contributed by atoms with van der Waals surface area (Å²) in [6.07, 6.45) is 6.34. The van der Waals surface area contributed by atoms with Gasteiger partial charge in [-0.25, -0.2) is 13.9 Å². The Balaban J connectivity index is 1.78. The maximum atomic E-state index is 13.2. The first kappa shape index (κ1) is 18.2. The van der Waals surface area contributed by atoms with E-state index in [1.807, 2.05) is 11.5 Å². The molecule has 2 aliphatic heterocycles. The van der Waals surface area contributed by atoms with Gasteiger partial charge in [0.1, 0.15) is 11.4 Å². The van der Waals surface area contributed by atoms with Crippen molar-refractivity contribution in [3.05, 3.63) is 11.4 Å². The van der Waals surface area contributed by atoms with E-state index < -0.39 is 6.04 Å². The lowest BCUT2D eigenvalue weighted by Crippen LogP contribution is -2.63. The van der Waals surface area contributed by atoms with Gasteiger partial charge in [0.25, 0.3) is 5.91 Å². The van der Waals surface area contributed by atoms with E-state index in [-0.39, 0.29) is 25.1 Å². The van der Waals surface area contributed by atoms with Crippen LogP contribution in [0.15, 0.2) is 4.99 Å². The highest BCUT2D eigenvalue weighted by Crippen LogP contribution is 2.37. The van der Waals surface area contributed by atoms with E-state index in [9.17, 15) is 9.59 Å². The molecule has 1 saturated heterocycles. The third-order valence-corrected chi connectivity index (χ3v) is 6.24. The van der Waals surface area contributed by atoms with Crippen molar-refractivity contribution in [1.29, 1.82) is 0 Å². The molecule has 1 unspecified atom stereocenters. The van der Waals surface area contributed by atoms with Gasteiger partial charge in [-0.05, 0) is 46.0 Å². The van der Waals surface area contributed by atoms with Crippen LogP contribution in [0.1, 0.15) is 62.0 Å². The van der Waals surface area contributed by atoms with Gasteiger partial charge in [-0.3, -0.25) is 14.6 Å². The van der Waals surface area contributed by atoms with Crippen molar-refractivity contribution in [2.45, 2.75) is 64.5 Å². The van der Waals surface area contributed by atoms with Crippen molar-refractivity contribution in [3.8, 4) is 0 Å². The number of aromatic nitrogens is 2. The topological polar surface area (TPSA) is 82.0 Å². The second kappa shape index (κ2) is 6.74. The first-order valence-corrected chi connectivity index (χ1v) is 9.88. The fourth-order valence-electron chi connectivity index (χ4n) is 4.67. The number of carbonyl (C=O) groups is 2. The molecule has 0 radical (unpaired) electrons. The van der Waals surface area contributed by atoms with Crippen LogP contribution >= 0.6 is 0 Å². The molecule has 27 heavy (non-hydrogen) atoms. The van der Waals surface area contributed by atoms with E-state index >= 15 is 0 Å². The number of nitrogens with zero attached hydrogens (tertiary/aromatic N) is 5. The lowest BCUT2D eigenvalue weighted by molar-refractivity contribution is -0.683. The lowest BCUT2D eigenvalue weighted by atomic mass is 9.95. The molecular formula is C19H28N5O3+. The molecule has 0 bridgehead atoms. The second-order valence-electron chi connectivity index (χ2n) is 7.78. The summed E-state index contributed by atoms with van der Waals surface area (Å²) >= 11 is 0. The number of amides is 3. The fraction of sp³-hybridized carbons (Fsp3) is 0.684. The summed E-state index contributed by atoms with van der Waals surface area (Å²) < 4.78 is 4.28. The van der Waals surface area contributed by atoms with E-state index in [4.69, 9.17) is 10.1 Å². The Labute approximate surface area is 159 Å². The molecule has 0 aromatic carbocycles. The smallest absolute Gasteiger partial charge is 0.396 e. The molecule has 3 aliphatic rings. The first-order valence-electron chi connectivity index (χ1n) is 9.88. The van der Waals surface area contributed by atoms with Gasteiger partial charge in [-0.1, -0.05) is 11.4 Å². The number of aliphatic hydroxyl groups excluding tert-OH is 1.